The molecule has 2 aromatic rings. The van der Waals surface area contributed by atoms with Crippen LogP contribution in [-0.4, -0.2) is 29.8 Å². The molecule has 156 valence electrons. The van der Waals surface area contributed by atoms with Gasteiger partial charge < -0.3 is 15.0 Å². The number of hydrogen-bond donors (Lipinski definition) is 1. The summed E-state index contributed by atoms with van der Waals surface area (Å²) in [6.07, 6.45) is -2.91. The quantitative estimate of drug-likeness (QED) is 0.518. The van der Waals surface area contributed by atoms with Crippen molar-refractivity contribution in [2.75, 3.05) is 6.54 Å². The summed E-state index contributed by atoms with van der Waals surface area (Å²) in [6, 6.07) is 12.0. The van der Waals surface area contributed by atoms with E-state index in [-0.39, 0.29) is 30.1 Å². The maximum Gasteiger partial charge on any atom is 0.573 e. The van der Waals surface area contributed by atoms with Crippen LogP contribution in [0.5, 0.6) is 5.75 Å². The van der Waals surface area contributed by atoms with Gasteiger partial charge in [0.25, 0.3) is 0 Å². The summed E-state index contributed by atoms with van der Waals surface area (Å²) in [5.74, 6) is -0.592. The van der Waals surface area contributed by atoms with Gasteiger partial charge in [-0.3, -0.25) is 4.79 Å². The highest BCUT2D eigenvalue weighted by Crippen LogP contribution is 2.27. The van der Waals surface area contributed by atoms with Crippen molar-refractivity contribution in [1.29, 1.82) is 0 Å². The number of carbonyl (C=O) groups is 1. The molecule has 8 heteroatoms. The summed E-state index contributed by atoms with van der Waals surface area (Å²) >= 11 is 0. The summed E-state index contributed by atoms with van der Waals surface area (Å²) in [5, 5.41) is 3.24. The predicted octanol–water partition coefficient (Wildman–Crippen LogP) is 4.40. The zero-order valence-electron chi connectivity index (χ0n) is 15.7. The fraction of sp³-hybridized carbons (Fsp3) is 0.381. The number of carbonyl (C=O) groups excluding carboxylic acids is 1. The summed E-state index contributed by atoms with van der Waals surface area (Å²) < 4.78 is 54.4. The van der Waals surface area contributed by atoms with Gasteiger partial charge >= 0.3 is 6.36 Å². The Morgan fingerprint density at radius 2 is 1.86 bits per heavy atom. The van der Waals surface area contributed by atoms with E-state index in [1.165, 1.54) is 30.3 Å². The molecule has 29 heavy (non-hydrogen) atoms. The van der Waals surface area contributed by atoms with Crippen molar-refractivity contribution in [3.05, 3.63) is 65.5 Å². The number of halogens is 4. The average Bonchev–Trinajstić information content (AvgIpc) is 2.98. The third-order valence-electron chi connectivity index (χ3n) is 4.81. The number of ether oxygens (including phenoxy) is 1. The van der Waals surface area contributed by atoms with E-state index in [0.29, 0.717) is 37.9 Å². The molecule has 1 aliphatic heterocycles. The van der Waals surface area contributed by atoms with E-state index >= 15 is 0 Å². The third kappa shape index (κ3) is 6.45. The maximum absolute atomic E-state index is 13.2. The second-order valence-corrected chi connectivity index (χ2v) is 7.00. The Bertz CT molecular complexity index is 841. The lowest BCUT2D eigenvalue weighted by Crippen LogP contribution is -2.34. The molecule has 1 heterocycles. The Hall–Kier alpha value is -2.61. The molecule has 1 saturated heterocycles. The lowest BCUT2D eigenvalue weighted by atomic mass is 10.1. The smallest absolute Gasteiger partial charge is 0.406 e. The standard InChI is InChI=1S/C21H22F4N2O2/c22-17-5-1-3-15(11-17)13-26-10-9-18-7-8-20(28)27(18)14-16-4-2-6-19(12-16)29-21(23,24)25/h1-6,11-12,18,26H,7-10,13-14H2. The highest BCUT2D eigenvalue weighted by molar-refractivity contribution is 5.78. The predicted molar refractivity (Wildman–Crippen MR) is 99.4 cm³/mol. The van der Waals surface area contributed by atoms with E-state index in [9.17, 15) is 22.4 Å². The van der Waals surface area contributed by atoms with Gasteiger partial charge in [-0.1, -0.05) is 24.3 Å². The molecule has 0 saturated carbocycles. The SMILES string of the molecule is O=C1CCC(CCNCc2cccc(F)c2)N1Cc1cccc(OC(F)(F)F)c1. The van der Waals surface area contributed by atoms with Crippen LogP contribution >= 0.6 is 0 Å². The molecule has 0 radical (unpaired) electrons. The molecule has 0 bridgehead atoms. The fourth-order valence-electron chi connectivity index (χ4n) is 3.50. The highest BCUT2D eigenvalue weighted by atomic mass is 19.4. The van der Waals surface area contributed by atoms with Gasteiger partial charge in [0.15, 0.2) is 0 Å². The van der Waals surface area contributed by atoms with Gasteiger partial charge in [-0.25, -0.2) is 4.39 Å². The Morgan fingerprint density at radius 3 is 2.62 bits per heavy atom. The fourth-order valence-corrected chi connectivity index (χ4v) is 3.50. The molecule has 1 aliphatic rings. The van der Waals surface area contributed by atoms with E-state index in [1.807, 2.05) is 6.07 Å². The number of rotatable bonds is 8. The first-order valence-electron chi connectivity index (χ1n) is 9.39. The molecule has 1 N–H and O–H groups in total. The second-order valence-electron chi connectivity index (χ2n) is 7.00. The van der Waals surface area contributed by atoms with Crippen LogP contribution in [0.3, 0.4) is 0 Å². The van der Waals surface area contributed by atoms with Crippen LogP contribution in [0.2, 0.25) is 0 Å². The van der Waals surface area contributed by atoms with E-state index in [0.717, 1.165) is 5.56 Å². The Kier molecular flexibility index (Phi) is 6.74. The first kappa shape index (κ1) is 21.1. The first-order chi connectivity index (χ1) is 13.8. The van der Waals surface area contributed by atoms with Gasteiger partial charge in [0.05, 0.1) is 0 Å². The van der Waals surface area contributed by atoms with E-state index in [1.54, 1.807) is 17.0 Å². The number of likely N-dealkylation sites (tertiary alicyclic amines) is 1. The van der Waals surface area contributed by atoms with Crippen LogP contribution in [0.1, 0.15) is 30.4 Å². The van der Waals surface area contributed by atoms with Crippen molar-refractivity contribution < 1.29 is 27.1 Å². The molecule has 2 aromatic carbocycles. The van der Waals surface area contributed by atoms with Crippen LogP contribution in [0.15, 0.2) is 48.5 Å². The van der Waals surface area contributed by atoms with Crippen LogP contribution in [0.25, 0.3) is 0 Å². The monoisotopic (exact) mass is 410 g/mol. The minimum Gasteiger partial charge on any atom is -0.406 e. The Labute approximate surface area is 166 Å². The molecule has 1 atom stereocenters. The molecule has 1 unspecified atom stereocenters. The number of alkyl halides is 3. The molecule has 1 amide bonds. The number of nitrogens with one attached hydrogen (secondary N) is 1. The summed E-state index contributed by atoms with van der Waals surface area (Å²) in [4.78, 5) is 14.0. The molecule has 4 nitrogen and oxygen atoms in total. The lowest BCUT2D eigenvalue weighted by Gasteiger charge is -2.25. The maximum atomic E-state index is 13.2. The minimum atomic E-state index is -4.75. The van der Waals surface area contributed by atoms with Gasteiger partial charge in [-0.2, -0.15) is 0 Å². The number of benzene rings is 2. The molecular formula is C21H22F4N2O2. The lowest BCUT2D eigenvalue weighted by molar-refractivity contribution is -0.274. The molecule has 0 aromatic heterocycles. The Balaban J connectivity index is 1.53. The molecule has 0 aliphatic carbocycles. The molecule has 3 rings (SSSR count). The van der Waals surface area contributed by atoms with Gasteiger partial charge in [-0.15, -0.1) is 13.2 Å². The van der Waals surface area contributed by atoms with E-state index < -0.39 is 6.36 Å². The van der Waals surface area contributed by atoms with Gasteiger partial charge in [-0.05, 0) is 54.8 Å². The zero-order chi connectivity index (χ0) is 20.9. The Morgan fingerprint density at radius 1 is 1.10 bits per heavy atom. The third-order valence-corrected chi connectivity index (χ3v) is 4.81. The summed E-state index contributed by atoms with van der Waals surface area (Å²) in [6.45, 7) is 1.40. The summed E-state index contributed by atoms with van der Waals surface area (Å²) in [7, 11) is 0. The zero-order valence-corrected chi connectivity index (χ0v) is 15.7. The van der Waals surface area contributed by atoms with E-state index in [4.69, 9.17) is 0 Å². The van der Waals surface area contributed by atoms with Crippen molar-refractivity contribution in [1.82, 2.24) is 10.2 Å². The minimum absolute atomic E-state index is 0.00898. The average molecular weight is 410 g/mol. The van der Waals surface area contributed by atoms with Crippen molar-refractivity contribution in [2.45, 2.75) is 44.8 Å². The normalized spacial score (nSPS) is 17.0. The van der Waals surface area contributed by atoms with Gasteiger partial charge in [0.1, 0.15) is 11.6 Å². The van der Waals surface area contributed by atoms with Crippen molar-refractivity contribution in [2.24, 2.45) is 0 Å². The summed E-state index contributed by atoms with van der Waals surface area (Å²) in [5.41, 5.74) is 1.42. The molecule has 1 fully saturated rings. The second kappa shape index (κ2) is 9.26. The van der Waals surface area contributed by atoms with Gasteiger partial charge in [0.2, 0.25) is 5.91 Å². The van der Waals surface area contributed by atoms with Crippen LogP contribution < -0.4 is 10.1 Å². The van der Waals surface area contributed by atoms with Crippen molar-refractivity contribution in [3.8, 4) is 5.75 Å². The van der Waals surface area contributed by atoms with Crippen molar-refractivity contribution >= 4 is 5.91 Å². The van der Waals surface area contributed by atoms with E-state index in [2.05, 4.69) is 10.1 Å². The largest absolute Gasteiger partial charge is 0.573 e. The number of amides is 1. The van der Waals surface area contributed by atoms with Crippen LogP contribution in [0, 0.1) is 5.82 Å². The molecular weight excluding hydrogens is 388 g/mol. The highest BCUT2D eigenvalue weighted by Gasteiger charge is 2.32. The number of hydrogen-bond acceptors (Lipinski definition) is 3. The topological polar surface area (TPSA) is 41.6 Å². The first-order valence-corrected chi connectivity index (χ1v) is 9.39. The van der Waals surface area contributed by atoms with Gasteiger partial charge in [0, 0.05) is 25.6 Å². The number of nitrogens with zero attached hydrogens (tertiary/aromatic N) is 1. The van der Waals surface area contributed by atoms with Crippen molar-refractivity contribution in [3.63, 3.8) is 0 Å². The molecule has 0 spiro atoms. The van der Waals surface area contributed by atoms with Crippen LogP contribution in [-0.2, 0) is 17.9 Å². The van der Waals surface area contributed by atoms with Crippen LogP contribution in [0.4, 0.5) is 17.6 Å².